The summed E-state index contributed by atoms with van der Waals surface area (Å²) in [7, 11) is 0. The van der Waals surface area contributed by atoms with Crippen molar-refractivity contribution in [3.05, 3.63) is 24.5 Å². The van der Waals surface area contributed by atoms with Crippen molar-refractivity contribution < 1.29 is 14.3 Å². The molecule has 0 unspecified atom stereocenters. The quantitative estimate of drug-likeness (QED) is 0.690. The number of carbonyl (C=O) groups excluding carboxylic acids is 1. The molecule has 1 heterocycles. The number of hydrogen-bond donors (Lipinski definition) is 1. The van der Waals surface area contributed by atoms with Crippen molar-refractivity contribution in [3.8, 4) is 5.75 Å². The van der Waals surface area contributed by atoms with E-state index in [1.807, 2.05) is 0 Å². The number of aromatic nitrogens is 1. The molecule has 0 aliphatic rings. The van der Waals surface area contributed by atoms with E-state index >= 15 is 0 Å². The molecule has 0 fully saturated rings. The number of primary amides is 1. The van der Waals surface area contributed by atoms with Gasteiger partial charge < -0.3 is 15.2 Å². The van der Waals surface area contributed by atoms with Crippen molar-refractivity contribution in [2.45, 2.75) is 0 Å². The molecule has 2 N–H and O–H groups in total. The first-order valence-corrected chi connectivity index (χ1v) is 3.74. The average Bonchev–Trinajstić information content (AvgIpc) is 2.14. The summed E-state index contributed by atoms with van der Waals surface area (Å²) in [6.07, 6.45) is 2.44. The van der Waals surface area contributed by atoms with Gasteiger partial charge in [-0.1, -0.05) is 0 Å². The third-order valence-corrected chi connectivity index (χ3v) is 1.25. The topological polar surface area (TPSA) is 74.4 Å². The van der Waals surface area contributed by atoms with Crippen molar-refractivity contribution in [3.63, 3.8) is 0 Å². The number of amides is 1. The van der Waals surface area contributed by atoms with Crippen LogP contribution in [-0.2, 0) is 4.74 Å². The van der Waals surface area contributed by atoms with Gasteiger partial charge in [-0.2, -0.15) is 0 Å². The van der Waals surface area contributed by atoms with Crippen LogP contribution in [0.1, 0.15) is 0 Å². The summed E-state index contributed by atoms with van der Waals surface area (Å²) in [6.45, 7) is 0.435. The molecule has 0 atom stereocenters. The Bertz CT molecular complexity index is 263. The maximum Gasteiger partial charge on any atom is 0.404 e. The molecule has 5 nitrogen and oxygen atoms in total. The van der Waals surface area contributed by atoms with Crippen molar-refractivity contribution in [2.75, 3.05) is 13.2 Å². The number of rotatable bonds is 4. The second-order valence-corrected chi connectivity index (χ2v) is 2.20. The van der Waals surface area contributed by atoms with Crippen LogP contribution >= 0.6 is 0 Å². The largest absolute Gasteiger partial charge is 0.490 e. The highest BCUT2D eigenvalue weighted by Crippen LogP contribution is 2.05. The van der Waals surface area contributed by atoms with Crippen LogP contribution in [0.15, 0.2) is 24.5 Å². The first kappa shape index (κ1) is 9.31. The fourth-order valence-electron chi connectivity index (χ4n) is 0.736. The lowest BCUT2D eigenvalue weighted by Gasteiger charge is -2.04. The van der Waals surface area contributed by atoms with Crippen molar-refractivity contribution in [1.29, 1.82) is 0 Å². The maximum absolute atomic E-state index is 10.1. The maximum atomic E-state index is 10.1. The van der Waals surface area contributed by atoms with Gasteiger partial charge in [-0.25, -0.2) is 4.79 Å². The van der Waals surface area contributed by atoms with E-state index in [-0.39, 0.29) is 13.2 Å². The Hall–Kier alpha value is -1.78. The fourth-order valence-corrected chi connectivity index (χ4v) is 0.736. The number of hydrogen-bond acceptors (Lipinski definition) is 4. The third kappa shape index (κ3) is 3.95. The zero-order valence-corrected chi connectivity index (χ0v) is 6.97. The van der Waals surface area contributed by atoms with Crippen molar-refractivity contribution in [1.82, 2.24) is 4.98 Å². The van der Waals surface area contributed by atoms with Gasteiger partial charge in [-0.3, -0.25) is 4.98 Å². The summed E-state index contributed by atoms with van der Waals surface area (Å²) >= 11 is 0. The molecule has 0 aromatic carbocycles. The van der Waals surface area contributed by atoms with E-state index in [1.165, 1.54) is 0 Å². The van der Waals surface area contributed by atoms with Gasteiger partial charge >= 0.3 is 6.09 Å². The molecule has 13 heavy (non-hydrogen) atoms. The lowest BCUT2D eigenvalue weighted by molar-refractivity contribution is 0.134. The minimum atomic E-state index is -0.793. The first-order valence-electron chi connectivity index (χ1n) is 3.74. The highest BCUT2D eigenvalue weighted by Gasteiger charge is 1.94. The molecule has 0 spiro atoms. The van der Waals surface area contributed by atoms with Crippen molar-refractivity contribution in [2.24, 2.45) is 5.73 Å². The summed E-state index contributed by atoms with van der Waals surface area (Å²) in [5.41, 5.74) is 4.75. The molecule has 0 aliphatic heterocycles. The summed E-state index contributed by atoms with van der Waals surface area (Å²) in [5.74, 6) is 0.683. The van der Waals surface area contributed by atoms with Crippen molar-refractivity contribution >= 4 is 6.09 Å². The molecular formula is C8H10N2O3. The number of pyridine rings is 1. The predicted molar refractivity (Wildman–Crippen MR) is 45.3 cm³/mol. The first-order chi connectivity index (χ1) is 6.29. The van der Waals surface area contributed by atoms with E-state index in [4.69, 9.17) is 10.5 Å². The van der Waals surface area contributed by atoms with E-state index in [9.17, 15) is 4.79 Å². The van der Waals surface area contributed by atoms with Crippen LogP contribution in [0.2, 0.25) is 0 Å². The van der Waals surface area contributed by atoms with E-state index in [0.717, 1.165) is 0 Å². The van der Waals surface area contributed by atoms with Gasteiger partial charge in [0, 0.05) is 12.4 Å². The Kier molecular flexibility index (Phi) is 3.56. The average molecular weight is 182 g/mol. The molecular weight excluding hydrogens is 172 g/mol. The van der Waals surface area contributed by atoms with E-state index in [1.54, 1.807) is 24.5 Å². The van der Waals surface area contributed by atoms with Gasteiger partial charge in [0.05, 0.1) is 0 Å². The van der Waals surface area contributed by atoms with E-state index in [2.05, 4.69) is 9.72 Å². The highest BCUT2D eigenvalue weighted by molar-refractivity contribution is 5.64. The van der Waals surface area contributed by atoms with E-state index < -0.39 is 6.09 Å². The van der Waals surface area contributed by atoms with Crippen LogP contribution in [0.3, 0.4) is 0 Å². The molecule has 1 aromatic rings. The summed E-state index contributed by atoms with van der Waals surface area (Å²) < 4.78 is 9.65. The van der Waals surface area contributed by atoms with E-state index in [0.29, 0.717) is 5.75 Å². The molecule has 0 aliphatic carbocycles. The Balaban J connectivity index is 2.17. The monoisotopic (exact) mass is 182 g/mol. The zero-order valence-electron chi connectivity index (χ0n) is 6.97. The number of carbonyl (C=O) groups is 1. The van der Waals surface area contributed by atoms with Gasteiger partial charge in [-0.05, 0) is 12.1 Å². The van der Waals surface area contributed by atoms with Gasteiger partial charge in [0.15, 0.2) is 0 Å². The van der Waals surface area contributed by atoms with Crippen LogP contribution in [-0.4, -0.2) is 24.3 Å². The lowest BCUT2D eigenvalue weighted by Crippen LogP contribution is -2.17. The Labute approximate surface area is 75.5 Å². The zero-order chi connectivity index (χ0) is 9.52. The standard InChI is InChI=1S/C8H10N2O3/c9-8(11)13-6-5-12-7-1-3-10-4-2-7/h1-4H,5-6H2,(H2,9,11). The smallest absolute Gasteiger partial charge is 0.404 e. The minimum absolute atomic E-state index is 0.150. The number of nitrogens with two attached hydrogens (primary N) is 1. The molecule has 5 heteroatoms. The normalized spacial score (nSPS) is 9.23. The molecule has 0 saturated carbocycles. The number of nitrogens with zero attached hydrogens (tertiary/aromatic N) is 1. The van der Waals surface area contributed by atoms with Gasteiger partial charge in [-0.15, -0.1) is 0 Å². The molecule has 1 rings (SSSR count). The lowest BCUT2D eigenvalue weighted by atomic mass is 10.4. The van der Waals surface area contributed by atoms with Crippen LogP contribution in [0.25, 0.3) is 0 Å². The Morgan fingerprint density at radius 2 is 2.08 bits per heavy atom. The molecule has 1 aromatic heterocycles. The SMILES string of the molecule is NC(=O)OCCOc1ccncc1. The van der Waals surface area contributed by atoms with Crippen LogP contribution in [0.4, 0.5) is 4.79 Å². The molecule has 70 valence electrons. The molecule has 0 radical (unpaired) electrons. The number of ether oxygens (including phenoxy) is 2. The Morgan fingerprint density at radius 3 is 2.69 bits per heavy atom. The van der Waals surface area contributed by atoms with Gasteiger partial charge in [0.25, 0.3) is 0 Å². The molecule has 0 saturated heterocycles. The van der Waals surface area contributed by atoms with Gasteiger partial charge in [0.1, 0.15) is 19.0 Å². The third-order valence-electron chi connectivity index (χ3n) is 1.25. The van der Waals surface area contributed by atoms with Gasteiger partial charge in [0.2, 0.25) is 0 Å². The predicted octanol–water partition coefficient (Wildman–Crippen LogP) is 0.556. The summed E-state index contributed by atoms with van der Waals surface area (Å²) in [6, 6.07) is 3.43. The highest BCUT2D eigenvalue weighted by atomic mass is 16.6. The molecule has 0 bridgehead atoms. The Morgan fingerprint density at radius 1 is 1.38 bits per heavy atom. The molecule has 1 amide bonds. The van der Waals surface area contributed by atoms with Crippen LogP contribution in [0.5, 0.6) is 5.75 Å². The second kappa shape index (κ2) is 4.97. The summed E-state index contributed by atoms with van der Waals surface area (Å²) in [4.78, 5) is 14.0. The van der Waals surface area contributed by atoms with Crippen LogP contribution in [0, 0.1) is 0 Å². The van der Waals surface area contributed by atoms with Crippen LogP contribution < -0.4 is 10.5 Å². The summed E-state index contributed by atoms with van der Waals surface area (Å²) in [5, 5.41) is 0. The fraction of sp³-hybridized carbons (Fsp3) is 0.250. The minimum Gasteiger partial charge on any atom is -0.490 e. The second-order valence-electron chi connectivity index (χ2n) is 2.20.